The summed E-state index contributed by atoms with van der Waals surface area (Å²) >= 11 is 3.54. The van der Waals surface area contributed by atoms with E-state index >= 15 is 0 Å². The zero-order chi connectivity index (χ0) is 23.4. The minimum Gasteiger partial charge on any atom is -0.444 e. The number of carbonyl (C=O) groups excluding carboxylic acids is 1. The minimum atomic E-state index is -4.39. The zero-order valence-corrected chi connectivity index (χ0v) is 19.9. The number of ether oxygens (including phenoxy) is 1. The molecule has 0 saturated heterocycles. The van der Waals surface area contributed by atoms with Gasteiger partial charge >= 0.3 is 12.3 Å². The molecule has 0 radical (unpaired) electrons. The van der Waals surface area contributed by atoms with E-state index in [9.17, 15) is 18.0 Å². The number of fused-ring (bicyclic) bond motifs is 1. The number of carbonyl (C=O) groups is 1. The second kappa shape index (κ2) is 9.94. The zero-order valence-electron chi connectivity index (χ0n) is 18.3. The standard InChI is InChI=1S/C21H22BrF3N2O2.C2H6/c1-20(2,3)29-19(28)26-14-11-16-17(22)5-4-6-18(16)27(12-14)15-9-7-13(8-10-15)21(23,24)25;1-2/h4-10,14H,11-12H2,1-3H3,(H,26,28);1-2H3. The molecule has 0 bridgehead atoms. The Morgan fingerprint density at radius 2 is 1.71 bits per heavy atom. The number of benzene rings is 2. The smallest absolute Gasteiger partial charge is 0.416 e. The number of alkyl carbamates (subject to hydrolysis) is 1. The number of nitrogens with zero attached hydrogens (tertiary/aromatic N) is 1. The Morgan fingerprint density at radius 3 is 2.26 bits per heavy atom. The molecule has 1 heterocycles. The Labute approximate surface area is 189 Å². The van der Waals surface area contributed by atoms with E-state index in [1.165, 1.54) is 12.1 Å². The SMILES string of the molecule is CC.CC(C)(C)OC(=O)NC1Cc2c(Br)cccc2N(c2ccc(C(F)(F)F)cc2)C1. The third-order valence-corrected chi connectivity index (χ3v) is 5.21. The minimum absolute atomic E-state index is 0.265. The van der Waals surface area contributed by atoms with Gasteiger partial charge in [-0.2, -0.15) is 13.2 Å². The van der Waals surface area contributed by atoms with E-state index in [0.717, 1.165) is 27.9 Å². The van der Waals surface area contributed by atoms with Crippen LogP contribution in [0.4, 0.5) is 29.3 Å². The molecule has 8 heteroatoms. The van der Waals surface area contributed by atoms with Crippen molar-refractivity contribution < 1.29 is 22.7 Å². The largest absolute Gasteiger partial charge is 0.444 e. The third kappa shape index (κ3) is 6.63. The Kier molecular flexibility index (Phi) is 8.03. The van der Waals surface area contributed by atoms with Crippen LogP contribution in [0.25, 0.3) is 0 Å². The van der Waals surface area contributed by atoms with Crippen molar-refractivity contribution in [3.8, 4) is 0 Å². The van der Waals surface area contributed by atoms with E-state index in [1.54, 1.807) is 20.8 Å². The molecule has 0 aliphatic carbocycles. The van der Waals surface area contributed by atoms with E-state index in [2.05, 4.69) is 21.2 Å². The van der Waals surface area contributed by atoms with Crippen molar-refractivity contribution in [2.75, 3.05) is 11.4 Å². The number of nitrogens with one attached hydrogen (secondary N) is 1. The molecule has 1 aliphatic heterocycles. The fraction of sp³-hybridized carbons (Fsp3) is 0.435. The lowest BCUT2D eigenvalue weighted by Gasteiger charge is -2.37. The summed E-state index contributed by atoms with van der Waals surface area (Å²) in [7, 11) is 0. The van der Waals surface area contributed by atoms with Gasteiger partial charge in [0.2, 0.25) is 0 Å². The number of rotatable bonds is 2. The summed E-state index contributed by atoms with van der Waals surface area (Å²) in [6.07, 6.45) is -4.33. The van der Waals surface area contributed by atoms with Gasteiger partial charge in [-0.05, 0) is 69.2 Å². The van der Waals surface area contributed by atoms with E-state index in [1.807, 2.05) is 36.9 Å². The van der Waals surface area contributed by atoms with Gasteiger partial charge in [-0.3, -0.25) is 0 Å². The van der Waals surface area contributed by atoms with Crippen LogP contribution >= 0.6 is 15.9 Å². The van der Waals surface area contributed by atoms with Crippen LogP contribution in [-0.2, 0) is 17.3 Å². The van der Waals surface area contributed by atoms with E-state index in [-0.39, 0.29) is 6.04 Å². The Balaban J connectivity index is 0.00000166. The maximum absolute atomic E-state index is 12.9. The molecular weight excluding hydrogens is 473 g/mol. The molecule has 1 amide bonds. The summed E-state index contributed by atoms with van der Waals surface area (Å²) in [5.74, 6) is 0. The van der Waals surface area contributed by atoms with Crippen molar-refractivity contribution >= 4 is 33.4 Å². The predicted molar refractivity (Wildman–Crippen MR) is 121 cm³/mol. The van der Waals surface area contributed by atoms with Crippen molar-refractivity contribution in [1.82, 2.24) is 5.32 Å². The second-order valence-corrected chi connectivity index (χ2v) is 8.79. The molecule has 2 aromatic rings. The van der Waals surface area contributed by atoms with Crippen molar-refractivity contribution in [3.63, 3.8) is 0 Å². The van der Waals surface area contributed by atoms with Crippen LogP contribution in [-0.4, -0.2) is 24.3 Å². The highest BCUT2D eigenvalue weighted by atomic mass is 79.9. The van der Waals surface area contributed by atoms with Crippen LogP contribution in [0.1, 0.15) is 45.7 Å². The highest BCUT2D eigenvalue weighted by Crippen LogP contribution is 2.38. The van der Waals surface area contributed by atoms with Crippen molar-refractivity contribution in [2.45, 2.75) is 58.9 Å². The molecule has 0 spiro atoms. The molecule has 2 aromatic carbocycles. The Bertz CT molecular complexity index is 893. The first-order chi connectivity index (χ1) is 14.4. The predicted octanol–water partition coefficient (Wildman–Crippen LogP) is 7.08. The van der Waals surface area contributed by atoms with Crippen LogP contribution in [0.3, 0.4) is 0 Å². The summed E-state index contributed by atoms with van der Waals surface area (Å²) in [6, 6.07) is 10.5. The number of alkyl halides is 3. The first kappa shape index (κ1) is 25.0. The third-order valence-electron chi connectivity index (χ3n) is 4.47. The van der Waals surface area contributed by atoms with Crippen molar-refractivity contribution in [2.24, 2.45) is 0 Å². The molecule has 0 saturated carbocycles. The normalized spacial score (nSPS) is 16.0. The van der Waals surface area contributed by atoms with Gasteiger partial charge in [0, 0.05) is 22.4 Å². The second-order valence-electron chi connectivity index (χ2n) is 7.94. The van der Waals surface area contributed by atoms with Crippen LogP contribution in [0.2, 0.25) is 0 Å². The fourth-order valence-electron chi connectivity index (χ4n) is 3.28. The summed E-state index contributed by atoms with van der Waals surface area (Å²) < 4.78 is 45.0. The Hall–Kier alpha value is -2.22. The van der Waals surface area contributed by atoms with Crippen LogP contribution < -0.4 is 10.2 Å². The molecule has 0 aromatic heterocycles. The average Bonchev–Trinajstić information content (AvgIpc) is 2.68. The lowest BCUT2D eigenvalue weighted by atomic mass is 9.97. The number of halogens is 4. The van der Waals surface area contributed by atoms with Gasteiger partial charge in [0.15, 0.2) is 0 Å². The molecule has 0 fully saturated rings. The van der Waals surface area contributed by atoms with E-state index in [4.69, 9.17) is 4.74 Å². The first-order valence-electron chi connectivity index (χ1n) is 10.2. The van der Waals surface area contributed by atoms with Crippen LogP contribution in [0.15, 0.2) is 46.9 Å². The van der Waals surface area contributed by atoms with Gasteiger partial charge in [-0.25, -0.2) is 4.79 Å². The van der Waals surface area contributed by atoms with E-state index in [0.29, 0.717) is 18.7 Å². The summed E-state index contributed by atoms with van der Waals surface area (Å²) in [4.78, 5) is 14.1. The monoisotopic (exact) mass is 500 g/mol. The lowest BCUT2D eigenvalue weighted by molar-refractivity contribution is -0.137. The van der Waals surface area contributed by atoms with Gasteiger partial charge in [0.05, 0.1) is 11.6 Å². The highest BCUT2D eigenvalue weighted by Gasteiger charge is 2.32. The molecule has 1 atom stereocenters. The molecule has 1 N–H and O–H groups in total. The van der Waals surface area contributed by atoms with Crippen molar-refractivity contribution in [3.05, 3.63) is 58.1 Å². The quantitative estimate of drug-likeness (QED) is 0.478. The summed E-state index contributed by atoms with van der Waals surface area (Å²) in [5.41, 5.74) is 1.16. The summed E-state index contributed by atoms with van der Waals surface area (Å²) in [6.45, 7) is 9.77. The molecule has 4 nitrogen and oxygen atoms in total. The number of amides is 1. The maximum Gasteiger partial charge on any atom is 0.416 e. The highest BCUT2D eigenvalue weighted by molar-refractivity contribution is 9.10. The lowest BCUT2D eigenvalue weighted by Crippen LogP contribution is -2.48. The fourth-order valence-corrected chi connectivity index (χ4v) is 3.80. The first-order valence-corrected chi connectivity index (χ1v) is 10.9. The van der Waals surface area contributed by atoms with Crippen LogP contribution in [0, 0.1) is 0 Å². The Morgan fingerprint density at radius 1 is 1.10 bits per heavy atom. The number of hydrogen-bond donors (Lipinski definition) is 1. The van der Waals surface area contributed by atoms with Crippen molar-refractivity contribution in [1.29, 1.82) is 0 Å². The molecule has 1 unspecified atom stereocenters. The molecule has 1 aliphatic rings. The molecule has 3 rings (SSSR count). The average molecular weight is 501 g/mol. The van der Waals surface area contributed by atoms with Gasteiger partial charge in [-0.1, -0.05) is 35.8 Å². The molecule has 31 heavy (non-hydrogen) atoms. The number of hydrogen-bond acceptors (Lipinski definition) is 3. The maximum atomic E-state index is 12.9. The molecular formula is C23H28BrF3N2O2. The van der Waals surface area contributed by atoms with Gasteiger partial charge in [0.1, 0.15) is 5.60 Å². The summed E-state index contributed by atoms with van der Waals surface area (Å²) in [5, 5.41) is 2.88. The molecule has 170 valence electrons. The van der Waals surface area contributed by atoms with Gasteiger partial charge < -0.3 is 15.0 Å². The van der Waals surface area contributed by atoms with Gasteiger partial charge in [0.25, 0.3) is 0 Å². The van der Waals surface area contributed by atoms with Crippen LogP contribution in [0.5, 0.6) is 0 Å². The van der Waals surface area contributed by atoms with E-state index < -0.39 is 23.4 Å². The van der Waals surface area contributed by atoms with Gasteiger partial charge in [-0.15, -0.1) is 0 Å². The topological polar surface area (TPSA) is 41.6 Å². The number of anilines is 2.